The Bertz CT molecular complexity index is 369. The molecule has 72 valence electrons. The van der Waals surface area contributed by atoms with E-state index in [1.807, 2.05) is 6.07 Å². The Morgan fingerprint density at radius 2 is 2.43 bits per heavy atom. The van der Waals surface area contributed by atoms with E-state index in [0.717, 1.165) is 5.56 Å². The van der Waals surface area contributed by atoms with Crippen molar-refractivity contribution in [1.29, 1.82) is 5.26 Å². The lowest BCUT2D eigenvalue weighted by Crippen LogP contribution is -2.21. The Balaban J connectivity index is 2.83. The number of benzene rings is 1. The van der Waals surface area contributed by atoms with Gasteiger partial charge >= 0.3 is 0 Å². The molecule has 1 aromatic carbocycles. The molecule has 1 rings (SSSR count). The summed E-state index contributed by atoms with van der Waals surface area (Å²) < 4.78 is 0. The van der Waals surface area contributed by atoms with Crippen molar-refractivity contribution in [3.05, 3.63) is 35.4 Å². The highest BCUT2D eigenvalue weighted by Crippen LogP contribution is 2.05. The molecule has 0 aliphatic rings. The average molecular weight is 190 g/mol. The molecular weight excluding hydrogens is 180 g/mol. The molecule has 0 spiro atoms. The second-order valence-corrected chi connectivity index (χ2v) is 2.67. The van der Waals surface area contributed by atoms with Crippen molar-refractivity contribution in [3.8, 4) is 6.07 Å². The minimum Gasteiger partial charge on any atom is -0.277 e. The topological polar surface area (TPSA) is 62.1 Å². The summed E-state index contributed by atoms with van der Waals surface area (Å²) in [5.41, 5.74) is 3.51. The predicted octanol–water partition coefficient (Wildman–Crippen LogP) is 1.04. The van der Waals surface area contributed by atoms with Crippen molar-refractivity contribution in [1.82, 2.24) is 5.48 Å². The first-order chi connectivity index (χ1) is 6.77. The van der Waals surface area contributed by atoms with Gasteiger partial charge in [0.25, 0.3) is 5.91 Å². The van der Waals surface area contributed by atoms with Crippen LogP contribution in [0.2, 0.25) is 0 Å². The molecule has 0 aromatic heterocycles. The fourth-order valence-corrected chi connectivity index (χ4v) is 1.07. The molecule has 1 amide bonds. The highest BCUT2D eigenvalue weighted by atomic mass is 16.6. The van der Waals surface area contributed by atoms with Crippen LogP contribution in [-0.2, 0) is 11.3 Å². The van der Waals surface area contributed by atoms with Crippen LogP contribution < -0.4 is 5.48 Å². The maximum atomic E-state index is 11.3. The SMILES string of the molecule is CONC(=O)c1cccc(CC#N)c1. The van der Waals surface area contributed by atoms with Crippen molar-refractivity contribution < 1.29 is 9.63 Å². The first-order valence-electron chi connectivity index (χ1n) is 4.07. The Morgan fingerprint density at radius 1 is 1.64 bits per heavy atom. The van der Waals surface area contributed by atoms with Gasteiger partial charge in [0, 0.05) is 5.56 Å². The highest BCUT2D eigenvalue weighted by Gasteiger charge is 2.04. The average Bonchev–Trinajstić information content (AvgIpc) is 2.19. The van der Waals surface area contributed by atoms with Crippen molar-refractivity contribution >= 4 is 5.91 Å². The van der Waals surface area contributed by atoms with Crippen LogP contribution in [0.3, 0.4) is 0 Å². The summed E-state index contributed by atoms with van der Waals surface area (Å²) in [6, 6.07) is 8.88. The number of nitrogens with one attached hydrogen (secondary N) is 1. The molecule has 4 nitrogen and oxygen atoms in total. The van der Waals surface area contributed by atoms with Gasteiger partial charge in [-0.1, -0.05) is 12.1 Å². The predicted molar refractivity (Wildman–Crippen MR) is 50.2 cm³/mol. The van der Waals surface area contributed by atoms with Crippen LogP contribution in [0.1, 0.15) is 15.9 Å². The molecule has 0 aliphatic carbocycles. The molecule has 1 aromatic rings. The van der Waals surface area contributed by atoms with E-state index < -0.39 is 0 Å². The molecule has 1 N–H and O–H groups in total. The highest BCUT2D eigenvalue weighted by molar-refractivity contribution is 5.93. The molecule has 0 saturated heterocycles. The summed E-state index contributed by atoms with van der Waals surface area (Å²) in [5, 5.41) is 8.48. The molecule has 0 saturated carbocycles. The summed E-state index contributed by atoms with van der Waals surface area (Å²) in [6.07, 6.45) is 0.300. The van der Waals surface area contributed by atoms with Crippen LogP contribution in [0.15, 0.2) is 24.3 Å². The zero-order valence-electron chi connectivity index (χ0n) is 7.78. The summed E-state index contributed by atoms with van der Waals surface area (Å²) in [6.45, 7) is 0. The molecule has 0 aliphatic heterocycles. The third-order valence-corrected chi connectivity index (χ3v) is 1.67. The maximum absolute atomic E-state index is 11.3. The minimum absolute atomic E-state index is 0.300. The fourth-order valence-electron chi connectivity index (χ4n) is 1.07. The van der Waals surface area contributed by atoms with Crippen LogP contribution in [0, 0.1) is 11.3 Å². The monoisotopic (exact) mass is 190 g/mol. The zero-order valence-corrected chi connectivity index (χ0v) is 7.78. The van der Waals surface area contributed by atoms with Gasteiger partial charge in [-0.3, -0.25) is 9.63 Å². The van der Waals surface area contributed by atoms with Crippen LogP contribution in [0.4, 0.5) is 0 Å². The second-order valence-electron chi connectivity index (χ2n) is 2.67. The molecule has 0 radical (unpaired) electrons. The fraction of sp³-hybridized carbons (Fsp3) is 0.200. The summed E-state index contributed by atoms with van der Waals surface area (Å²) in [7, 11) is 1.37. The van der Waals surface area contributed by atoms with Crippen LogP contribution >= 0.6 is 0 Å². The summed E-state index contributed by atoms with van der Waals surface area (Å²) in [4.78, 5) is 15.8. The first-order valence-corrected chi connectivity index (χ1v) is 4.07. The maximum Gasteiger partial charge on any atom is 0.274 e. The third-order valence-electron chi connectivity index (χ3n) is 1.67. The normalized spacial score (nSPS) is 9.14. The van der Waals surface area contributed by atoms with Gasteiger partial charge in [0.1, 0.15) is 0 Å². The van der Waals surface area contributed by atoms with E-state index >= 15 is 0 Å². The Morgan fingerprint density at radius 3 is 3.07 bits per heavy atom. The third kappa shape index (κ3) is 2.57. The lowest BCUT2D eigenvalue weighted by atomic mass is 10.1. The van der Waals surface area contributed by atoms with E-state index in [2.05, 4.69) is 10.3 Å². The number of carbonyl (C=O) groups is 1. The van der Waals surface area contributed by atoms with Gasteiger partial charge in [-0.15, -0.1) is 0 Å². The lowest BCUT2D eigenvalue weighted by Gasteiger charge is -2.02. The van der Waals surface area contributed by atoms with Gasteiger partial charge in [-0.2, -0.15) is 5.26 Å². The van der Waals surface area contributed by atoms with Crippen molar-refractivity contribution in [2.45, 2.75) is 6.42 Å². The van der Waals surface area contributed by atoms with E-state index in [0.29, 0.717) is 12.0 Å². The molecule has 0 fully saturated rings. The number of hydrogen-bond donors (Lipinski definition) is 1. The zero-order chi connectivity index (χ0) is 10.4. The minimum atomic E-state index is -0.313. The smallest absolute Gasteiger partial charge is 0.274 e. The van der Waals surface area contributed by atoms with E-state index in [4.69, 9.17) is 5.26 Å². The van der Waals surface area contributed by atoms with Crippen molar-refractivity contribution in [2.24, 2.45) is 0 Å². The number of nitrogens with zero attached hydrogens (tertiary/aromatic N) is 1. The molecule has 4 heteroatoms. The Labute approximate surface area is 82.1 Å². The Hall–Kier alpha value is -1.86. The van der Waals surface area contributed by atoms with Gasteiger partial charge in [-0.05, 0) is 17.7 Å². The molecule has 0 unspecified atom stereocenters. The summed E-state index contributed by atoms with van der Waals surface area (Å²) >= 11 is 0. The van der Waals surface area contributed by atoms with Crippen LogP contribution in [0.25, 0.3) is 0 Å². The first kappa shape index (κ1) is 10.2. The number of carbonyl (C=O) groups excluding carboxylic acids is 1. The molecule has 0 bridgehead atoms. The molecule has 0 atom stereocenters. The quantitative estimate of drug-likeness (QED) is 0.724. The van der Waals surface area contributed by atoms with Gasteiger partial charge in [0.15, 0.2) is 0 Å². The van der Waals surface area contributed by atoms with Gasteiger partial charge < -0.3 is 0 Å². The Kier molecular flexibility index (Phi) is 3.65. The van der Waals surface area contributed by atoms with E-state index in [9.17, 15) is 4.79 Å². The number of hydroxylamine groups is 1. The van der Waals surface area contributed by atoms with E-state index in [1.54, 1.807) is 24.3 Å². The van der Waals surface area contributed by atoms with Crippen LogP contribution in [0.5, 0.6) is 0 Å². The summed E-state index contributed by atoms with van der Waals surface area (Å²) in [5.74, 6) is -0.313. The number of nitriles is 1. The van der Waals surface area contributed by atoms with Gasteiger partial charge in [0.05, 0.1) is 19.6 Å². The molecular formula is C10H10N2O2. The van der Waals surface area contributed by atoms with Gasteiger partial charge in [0.2, 0.25) is 0 Å². The number of rotatable bonds is 3. The largest absolute Gasteiger partial charge is 0.277 e. The molecule has 14 heavy (non-hydrogen) atoms. The van der Waals surface area contributed by atoms with Crippen molar-refractivity contribution in [2.75, 3.05) is 7.11 Å². The van der Waals surface area contributed by atoms with E-state index in [1.165, 1.54) is 7.11 Å². The number of amides is 1. The number of hydrogen-bond acceptors (Lipinski definition) is 3. The standard InChI is InChI=1S/C10H10N2O2/c1-14-12-10(13)9-4-2-3-8(7-9)5-6-11/h2-4,7H,5H2,1H3,(H,12,13). The second kappa shape index (κ2) is 5.00. The van der Waals surface area contributed by atoms with Crippen LogP contribution in [-0.4, -0.2) is 13.0 Å². The lowest BCUT2D eigenvalue weighted by molar-refractivity contribution is 0.0537. The van der Waals surface area contributed by atoms with E-state index in [-0.39, 0.29) is 5.91 Å². The molecule has 0 heterocycles. The van der Waals surface area contributed by atoms with Crippen molar-refractivity contribution in [3.63, 3.8) is 0 Å². The van der Waals surface area contributed by atoms with Gasteiger partial charge in [-0.25, -0.2) is 5.48 Å².